The van der Waals surface area contributed by atoms with Gasteiger partial charge in [-0.1, -0.05) is 30.0 Å². The minimum Gasteiger partial charge on any atom is -0.497 e. The normalized spacial score (nSPS) is 12.8. The zero-order valence-electron chi connectivity index (χ0n) is 16.8. The Morgan fingerprint density at radius 3 is 2.38 bits per heavy atom. The molecule has 3 aromatic rings. The van der Waals surface area contributed by atoms with Gasteiger partial charge in [-0.2, -0.15) is 0 Å². The molecule has 1 heterocycles. The van der Waals surface area contributed by atoms with E-state index in [4.69, 9.17) is 9.47 Å². The topological polar surface area (TPSA) is 78.3 Å². The van der Waals surface area contributed by atoms with Crippen LogP contribution in [0.5, 0.6) is 11.5 Å². The highest BCUT2D eigenvalue weighted by Gasteiger charge is 2.21. The van der Waals surface area contributed by atoms with Crippen LogP contribution < -0.4 is 14.8 Å². The number of nitrogens with zero attached hydrogens (tertiary/aromatic N) is 3. The first kappa shape index (κ1) is 20.7. The average Bonchev–Trinajstić information content (AvgIpc) is 3.09. The van der Waals surface area contributed by atoms with Crippen molar-refractivity contribution in [2.75, 3.05) is 12.4 Å². The number of benzene rings is 2. The number of para-hydroxylation sites is 1. The van der Waals surface area contributed by atoms with Crippen LogP contribution in [0.2, 0.25) is 0 Å². The smallest absolute Gasteiger partial charge is 0.237 e. The van der Waals surface area contributed by atoms with Gasteiger partial charge in [-0.15, -0.1) is 10.2 Å². The molecule has 1 aromatic heterocycles. The summed E-state index contributed by atoms with van der Waals surface area (Å²) in [6.07, 6.45) is -0.271. The predicted octanol–water partition coefficient (Wildman–Crippen LogP) is 4.08. The van der Waals surface area contributed by atoms with E-state index in [2.05, 4.69) is 15.5 Å². The van der Waals surface area contributed by atoms with Crippen molar-refractivity contribution in [2.24, 2.45) is 7.05 Å². The molecule has 0 aliphatic rings. The number of carbonyl (C=O) groups excluding carboxylic acids is 1. The van der Waals surface area contributed by atoms with Crippen molar-refractivity contribution < 1.29 is 14.3 Å². The third-order valence-electron chi connectivity index (χ3n) is 4.30. The lowest BCUT2D eigenvalue weighted by Crippen LogP contribution is -2.22. The summed E-state index contributed by atoms with van der Waals surface area (Å²) in [5.41, 5.74) is 0.715. The predicted molar refractivity (Wildman–Crippen MR) is 113 cm³/mol. The van der Waals surface area contributed by atoms with Crippen molar-refractivity contribution in [1.29, 1.82) is 0 Å². The number of carbonyl (C=O) groups is 1. The Hall–Kier alpha value is -3.00. The number of methoxy groups -OCH3 is 1. The van der Waals surface area contributed by atoms with Crippen molar-refractivity contribution >= 4 is 23.4 Å². The SMILES string of the molecule is COc1ccc(NC(=O)[C@H](C)Sc2nnc([C@@H](C)Oc3ccccc3)n2C)cc1. The first-order chi connectivity index (χ1) is 14.0. The maximum absolute atomic E-state index is 12.5. The quantitative estimate of drug-likeness (QED) is 0.562. The fourth-order valence-corrected chi connectivity index (χ4v) is 3.49. The van der Waals surface area contributed by atoms with E-state index in [-0.39, 0.29) is 17.3 Å². The Bertz CT molecular complexity index is 944. The molecule has 0 unspecified atom stereocenters. The molecule has 2 atom stereocenters. The summed E-state index contributed by atoms with van der Waals surface area (Å²) in [6.45, 7) is 3.76. The zero-order valence-corrected chi connectivity index (χ0v) is 17.6. The summed E-state index contributed by atoms with van der Waals surface area (Å²) in [4.78, 5) is 12.5. The van der Waals surface area contributed by atoms with Crippen molar-refractivity contribution in [3.63, 3.8) is 0 Å². The van der Waals surface area contributed by atoms with Crippen LogP contribution in [0.3, 0.4) is 0 Å². The maximum atomic E-state index is 12.5. The van der Waals surface area contributed by atoms with Gasteiger partial charge in [0.25, 0.3) is 0 Å². The van der Waals surface area contributed by atoms with Gasteiger partial charge in [-0.05, 0) is 50.2 Å². The molecule has 3 rings (SSSR count). The van der Waals surface area contributed by atoms with Crippen LogP contribution in [0.25, 0.3) is 0 Å². The van der Waals surface area contributed by atoms with Gasteiger partial charge in [0.1, 0.15) is 11.5 Å². The molecule has 0 saturated heterocycles. The van der Waals surface area contributed by atoms with E-state index in [1.807, 2.05) is 55.8 Å². The van der Waals surface area contributed by atoms with Crippen molar-refractivity contribution in [1.82, 2.24) is 14.8 Å². The lowest BCUT2D eigenvalue weighted by atomic mass is 10.3. The Morgan fingerprint density at radius 2 is 1.72 bits per heavy atom. The number of rotatable bonds is 8. The lowest BCUT2D eigenvalue weighted by molar-refractivity contribution is -0.115. The van der Waals surface area contributed by atoms with E-state index in [0.717, 1.165) is 11.5 Å². The Labute approximate surface area is 174 Å². The Morgan fingerprint density at radius 1 is 1.03 bits per heavy atom. The van der Waals surface area contributed by atoms with Crippen LogP contribution in [0.1, 0.15) is 25.8 Å². The molecule has 152 valence electrons. The van der Waals surface area contributed by atoms with Crippen LogP contribution in [0, 0.1) is 0 Å². The molecule has 0 fully saturated rings. The van der Waals surface area contributed by atoms with Crippen molar-refractivity contribution in [3.8, 4) is 11.5 Å². The third kappa shape index (κ3) is 5.29. The van der Waals surface area contributed by atoms with Gasteiger partial charge in [0.15, 0.2) is 17.1 Å². The van der Waals surface area contributed by atoms with E-state index < -0.39 is 0 Å². The molecule has 0 saturated carbocycles. The molecule has 0 aliphatic heterocycles. The van der Waals surface area contributed by atoms with Crippen molar-refractivity contribution in [2.45, 2.75) is 30.4 Å². The number of anilines is 1. The molecule has 8 heteroatoms. The minimum atomic E-state index is -0.349. The summed E-state index contributed by atoms with van der Waals surface area (Å²) < 4.78 is 12.9. The number of amides is 1. The van der Waals surface area contributed by atoms with Crippen LogP contribution in [-0.4, -0.2) is 33.0 Å². The van der Waals surface area contributed by atoms with E-state index in [9.17, 15) is 4.79 Å². The van der Waals surface area contributed by atoms with Gasteiger partial charge < -0.3 is 19.4 Å². The molecule has 7 nitrogen and oxygen atoms in total. The van der Waals surface area contributed by atoms with Gasteiger partial charge in [0, 0.05) is 12.7 Å². The molecule has 2 aromatic carbocycles. The third-order valence-corrected chi connectivity index (χ3v) is 5.43. The van der Waals surface area contributed by atoms with E-state index in [1.54, 1.807) is 31.4 Å². The summed E-state index contributed by atoms with van der Waals surface area (Å²) >= 11 is 1.35. The molecular weight excluding hydrogens is 388 g/mol. The first-order valence-electron chi connectivity index (χ1n) is 9.20. The second-order valence-corrected chi connectivity index (χ2v) is 7.76. The number of thioether (sulfide) groups is 1. The molecule has 0 aliphatic carbocycles. The summed E-state index contributed by atoms with van der Waals surface area (Å²) in [5, 5.41) is 11.7. The fraction of sp³-hybridized carbons (Fsp3) is 0.286. The number of ether oxygens (including phenoxy) is 2. The molecule has 0 bridgehead atoms. The summed E-state index contributed by atoms with van der Waals surface area (Å²) in [7, 11) is 3.48. The van der Waals surface area contributed by atoms with E-state index in [0.29, 0.717) is 16.7 Å². The Balaban J connectivity index is 1.61. The van der Waals surface area contributed by atoms with Gasteiger partial charge >= 0.3 is 0 Å². The monoisotopic (exact) mass is 412 g/mol. The van der Waals surface area contributed by atoms with Gasteiger partial charge in [-0.3, -0.25) is 4.79 Å². The average molecular weight is 413 g/mol. The molecule has 0 radical (unpaired) electrons. The maximum Gasteiger partial charge on any atom is 0.237 e. The number of hydrogen-bond acceptors (Lipinski definition) is 6. The molecule has 0 spiro atoms. The van der Waals surface area contributed by atoms with Gasteiger partial charge in [0.2, 0.25) is 5.91 Å². The fourth-order valence-electron chi connectivity index (χ4n) is 2.67. The molecular formula is C21H24N4O3S. The molecule has 29 heavy (non-hydrogen) atoms. The zero-order chi connectivity index (χ0) is 20.8. The first-order valence-corrected chi connectivity index (χ1v) is 10.1. The molecule has 1 amide bonds. The number of hydrogen-bond donors (Lipinski definition) is 1. The summed E-state index contributed by atoms with van der Waals surface area (Å²) in [5.74, 6) is 2.09. The number of nitrogens with one attached hydrogen (secondary N) is 1. The van der Waals surface area contributed by atoms with Gasteiger partial charge in [-0.25, -0.2) is 0 Å². The second-order valence-electron chi connectivity index (χ2n) is 6.45. The minimum absolute atomic E-state index is 0.113. The molecule has 1 N–H and O–H groups in total. The highest BCUT2D eigenvalue weighted by atomic mass is 32.2. The van der Waals surface area contributed by atoms with E-state index in [1.165, 1.54) is 11.8 Å². The largest absolute Gasteiger partial charge is 0.497 e. The Kier molecular flexibility index (Phi) is 6.77. The van der Waals surface area contributed by atoms with Crippen molar-refractivity contribution in [3.05, 3.63) is 60.4 Å². The van der Waals surface area contributed by atoms with Crippen LogP contribution in [0.4, 0.5) is 5.69 Å². The van der Waals surface area contributed by atoms with Crippen LogP contribution in [0.15, 0.2) is 59.8 Å². The lowest BCUT2D eigenvalue weighted by Gasteiger charge is -2.15. The van der Waals surface area contributed by atoms with Crippen LogP contribution >= 0.6 is 11.8 Å². The number of aromatic nitrogens is 3. The highest BCUT2D eigenvalue weighted by molar-refractivity contribution is 8.00. The van der Waals surface area contributed by atoms with E-state index >= 15 is 0 Å². The second kappa shape index (κ2) is 9.47. The summed E-state index contributed by atoms with van der Waals surface area (Å²) in [6, 6.07) is 16.8. The highest BCUT2D eigenvalue weighted by Crippen LogP contribution is 2.26. The standard InChI is InChI=1S/C21H24N4O3S/c1-14(28-18-8-6-5-7-9-18)19-23-24-21(25(19)3)29-15(2)20(26)22-16-10-12-17(27-4)13-11-16/h5-15H,1-4H3,(H,22,26)/t14-,15+/m1/s1. The van der Waals surface area contributed by atoms with Gasteiger partial charge in [0.05, 0.1) is 12.4 Å². The van der Waals surface area contributed by atoms with Crippen LogP contribution in [-0.2, 0) is 11.8 Å².